The number of benzene rings is 2. The Morgan fingerprint density at radius 1 is 1.18 bits per heavy atom. The van der Waals surface area contributed by atoms with Gasteiger partial charge in [0.05, 0.1) is 20.3 Å². The molecule has 3 rings (SSSR count). The number of nitrogens with one attached hydrogen (secondary N) is 1. The number of ether oxygens (including phenoxy) is 1. The number of amides is 1. The summed E-state index contributed by atoms with van der Waals surface area (Å²) >= 11 is 0. The molecule has 1 saturated heterocycles. The van der Waals surface area contributed by atoms with Crippen molar-refractivity contribution in [3.05, 3.63) is 58.1 Å². The molecule has 1 fully saturated rings. The Kier molecular flexibility index (Phi) is 5.61. The molecule has 0 radical (unpaired) electrons. The predicted molar refractivity (Wildman–Crippen MR) is 101 cm³/mol. The highest BCUT2D eigenvalue weighted by atomic mass is 32.2. The summed E-state index contributed by atoms with van der Waals surface area (Å²) < 4.78 is 31.2. The van der Waals surface area contributed by atoms with Gasteiger partial charge in [-0.2, -0.15) is 0 Å². The van der Waals surface area contributed by atoms with Gasteiger partial charge in [0.2, 0.25) is 15.7 Å². The standard InChI is InChI=1S/C18H19N3O6S/c19-18(22)14-3-1-2-4-17(14)28(25,26)13-5-6-15(16(11-13)21(23)24)20-12-7-9-27-10-8-12/h1-6,11-12,20H,7-10H2,(H2,19,22). The quantitative estimate of drug-likeness (QED) is 0.554. The summed E-state index contributed by atoms with van der Waals surface area (Å²) in [6, 6.07) is 9.13. The molecule has 0 atom stereocenters. The summed E-state index contributed by atoms with van der Waals surface area (Å²) in [4.78, 5) is 21.9. The minimum absolute atomic E-state index is 0.00509. The van der Waals surface area contributed by atoms with Gasteiger partial charge in [-0.25, -0.2) is 8.42 Å². The lowest BCUT2D eigenvalue weighted by Crippen LogP contribution is -2.28. The van der Waals surface area contributed by atoms with Gasteiger partial charge in [-0.3, -0.25) is 14.9 Å². The van der Waals surface area contributed by atoms with E-state index in [0.717, 1.165) is 6.07 Å². The number of nitrogens with zero attached hydrogens (tertiary/aromatic N) is 1. The molecule has 0 saturated carbocycles. The van der Waals surface area contributed by atoms with Crippen LogP contribution >= 0.6 is 0 Å². The minimum Gasteiger partial charge on any atom is -0.381 e. The Hall–Kier alpha value is -2.98. The van der Waals surface area contributed by atoms with Crippen molar-refractivity contribution < 1.29 is 22.9 Å². The maximum Gasteiger partial charge on any atom is 0.293 e. The molecule has 9 nitrogen and oxygen atoms in total. The van der Waals surface area contributed by atoms with E-state index in [1.54, 1.807) is 0 Å². The first-order chi connectivity index (χ1) is 13.3. The van der Waals surface area contributed by atoms with E-state index < -0.39 is 20.7 Å². The van der Waals surface area contributed by atoms with Gasteiger partial charge in [0.15, 0.2) is 0 Å². The molecule has 1 heterocycles. The fourth-order valence-corrected chi connectivity index (χ4v) is 4.53. The SMILES string of the molecule is NC(=O)c1ccccc1S(=O)(=O)c1ccc(NC2CCOCC2)c([N+](=O)[O-])c1. The summed E-state index contributed by atoms with van der Waals surface area (Å²) in [5, 5.41) is 14.6. The molecule has 28 heavy (non-hydrogen) atoms. The molecule has 0 aromatic heterocycles. The van der Waals surface area contributed by atoms with E-state index >= 15 is 0 Å². The maximum absolute atomic E-state index is 13.0. The van der Waals surface area contributed by atoms with Crippen LogP contribution < -0.4 is 11.1 Å². The average Bonchev–Trinajstić information content (AvgIpc) is 2.68. The Morgan fingerprint density at radius 3 is 2.50 bits per heavy atom. The lowest BCUT2D eigenvalue weighted by Gasteiger charge is -2.24. The number of hydrogen-bond acceptors (Lipinski definition) is 7. The third-order valence-electron chi connectivity index (χ3n) is 4.50. The van der Waals surface area contributed by atoms with E-state index in [9.17, 15) is 23.3 Å². The monoisotopic (exact) mass is 405 g/mol. The molecular weight excluding hydrogens is 386 g/mol. The lowest BCUT2D eigenvalue weighted by molar-refractivity contribution is -0.384. The van der Waals surface area contributed by atoms with E-state index in [4.69, 9.17) is 10.5 Å². The van der Waals surface area contributed by atoms with Crippen molar-refractivity contribution in [2.75, 3.05) is 18.5 Å². The number of carbonyl (C=O) groups is 1. The Bertz CT molecular complexity index is 1020. The Morgan fingerprint density at radius 2 is 1.86 bits per heavy atom. The third-order valence-corrected chi connectivity index (χ3v) is 6.31. The van der Waals surface area contributed by atoms with Crippen LogP contribution in [0, 0.1) is 10.1 Å². The first-order valence-electron chi connectivity index (χ1n) is 8.57. The van der Waals surface area contributed by atoms with Gasteiger partial charge < -0.3 is 15.8 Å². The van der Waals surface area contributed by atoms with Gasteiger partial charge in [-0.15, -0.1) is 0 Å². The molecule has 10 heteroatoms. The van der Waals surface area contributed by atoms with Crippen molar-refractivity contribution in [2.24, 2.45) is 5.73 Å². The Balaban J connectivity index is 2.02. The zero-order chi connectivity index (χ0) is 20.3. The van der Waals surface area contributed by atoms with E-state index in [0.29, 0.717) is 26.1 Å². The van der Waals surface area contributed by atoms with Crippen LogP contribution in [0.25, 0.3) is 0 Å². The zero-order valence-electron chi connectivity index (χ0n) is 14.8. The number of nitro groups is 1. The van der Waals surface area contributed by atoms with Gasteiger partial charge in [-0.1, -0.05) is 12.1 Å². The van der Waals surface area contributed by atoms with E-state index in [1.807, 2.05) is 0 Å². The molecule has 2 aromatic rings. The molecular formula is C18H19N3O6S. The molecule has 1 aliphatic rings. The highest BCUT2D eigenvalue weighted by molar-refractivity contribution is 7.91. The molecule has 1 aliphatic heterocycles. The van der Waals surface area contributed by atoms with Crippen molar-refractivity contribution >= 4 is 27.1 Å². The molecule has 0 spiro atoms. The molecule has 2 aromatic carbocycles. The summed E-state index contributed by atoms with van der Waals surface area (Å²) in [5.74, 6) is -0.897. The van der Waals surface area contributed by atoms with E-state index in [2.05, 4.69) is 5.32 Å². The first-order valence-corrected chi connectivity index (χ1v) is 10.1. The van der Waals surface area contributed by atoms with Gasteiger partial charge >= 0.3 is 0 Å². The fourth-order valence-electron chi connectivity index (χ4n) is 3.05. The second kappa shape index (κ2) is 7.95. The molecule has 0 aliphatic carbocycles. The summed E-state index contributed by atoms with van der Waals surface area (Å²) in [6.07, 6.45) is 1.40. The maximum atomic E-state index is 13.0. The summed E-state index contributed by atoms with van der Waals surface area (Å²) in [6.45, 7) is 1.11. The number of anilines is 1. The van der Waals surface area contributed by atoms with Crippen LogP contribution in [0.15, 0.2) is 52.3 Å². The number of nitrogens with two attached hydrogens (primary N) is 1. The molecule has 1 amide bonds. The van der Waals surface area contributed by atoms with Crippen LogP contribution in [-0.2, 0) is 14.6 Å². The topological polar surface area (TPSA) is 142 Å². The minimum atomic E-state index is -4.17. The highest BCUT2D eigenvalue weighted by Gasteiger charge is 2.27. The fraction of sp³-hybridized carbons (Fsp3) is 0.278. The Labute approximate surface area is 161 Å². The van der Waals surface area contributed by atoms with Crippen LogP contribution in [0.2, 0.25) is 0 Å². The number of carbonyl (C=O) groups excluding carboxylic acids is 1. The number of primary amides is 1. The molecule has 0 bridgehead atoms. The van der Waals surface area contributed by atoms with Gasteiger partial charge in [0, 0.05) is 25.3 Å². The third kappa shape index (κ3) is 3.97. The number of rotatable bonds is 6. The van der Waals surface area contributed by atoms with Crippen LogP contribution in [0.4, 0.5) is 11.4 Å². The van der Waals surface area contributed by atoms with Gasteiger partial charge in [0.1, 0.15) is 5.69 Å². The smallest absolute Gasteiger partial charge is 0.293 e. The van der Waals surface area contributed by atoms with Crippen molar-refractivity contribution in [1.82, 2.24) is 0 Å². The normalized spacial score (nSPS) is 15.1. The largest absolute Gasteiger partial charge is 0.381 e. The lowest BCUT2D eigenvalue weighted by atomic mass is 10.1. The van der Waals surface area contributed by atoms with Crippen molar-refractivity contribution in [1.29, 1.82) is 0 Å². The first kappa shape index (κ1) is 19.8. The van der Waals surface area contributed by atoms with Crippen molar-refractivity contribution in [3.8, 4) is 0 Å². The number of nitro benzene ring substituents is 1. The number of hydrogen-bond donors (Lipinski definition) is 2. The molecule has 3 N–H and O–H groups in total. The number of sulfone groups is 1. The second-order valence-electron chi connectivity index (χ2n) is 6.33. The van der Waals surface area contributed by atoms with Crippen molar-refractivity contribution in [2.45, 2.75) is 28.7 Å². The van der Waals surface area contributed by atoms with Gasteiger partial charge in [-0.05, 0) is 37.1 Å². The predicted octanol–water partition coefficient (Wildman–Crippen LogP) is 2.12. The van der Waals surface area contributed by atoms with Crippen LogP contribution in [0.5, 0.6) is 0 Å². The molecule has 0 unspecified atom stereocenters. The van der Waals surface area contributed by atoms with E-state index in [-0.39, 0.29) is 32.8 Å². The average molecular weight is 405 g/mol. The zero-order valence-corrected chi connectivity index (χ0v) is 15.6. The highest BCUT2D eigenvalue weighted by Crippen LogP contribution is 2.32. The van der Waals surface area contributed by atoms with Crippen LogP contribution in [0.1, 0.15) is 23.2 Å². The van der Waals surface area contributed by atoms with Gasteiger partial charge in [0.25, 0.3) is 5.69 Å². The molecule has 148 valence electrons. The summed E-state index contributed by atoms with van der Waals surface area (Å²) in [5.41, 5.74) is 4.97. The van der Waals surface area contributed by atoms with Crippen molar-refractivity contribution in [3.63, 3.8) is 0 Å². The van der Waals surface area contributed by atoms with Crippen LogP contribution in [-0.4, -0.2) is 38.5 Å². The van der Waals surface area contributed by atoms with Crippen LogP contribution in [0.3, 0.4) is 0 Å². The van der Waals surface area contributed by atoms with E-state index in [1.165, 1.54) is 36.4 Å². The second-order valence-corrected chi connectivity index (χ2v) is 8.25. The summed E-state index contributed by atoms with van der Waals surface area (Å²) in [7, 11) is -4.17.